The lowest BCUT2D eigenvalue weighted by Crippen LogP contribution is -1.96. The van der Waals surface area contributed by atoms with Crippen LogP contribution in [-0.2, 0) is 0 Å². The van der Waals surface area contributed by atoms with E-state index in [1.165, 1.54) is 10.8 Å². The van der Waals surface area contributed by atoms with Crippen molar-refractivity contribution >= 4 is 65.2 Å². The lowest BCUT2D eigenvalue weighted by molar-refractivity contribution is 1.24. The number of rotatable bonds is 3. The van der Waals surface area contributed by atoms with Gasteiger partial charge in [0, 0.05) is 32.8 Å². The minimum absolute atomic E-state index is 0.761. The van der Waals surface area contributed by atoms with Crippen LogP contribution in [0.15, 0.2) is 146 Å². The van der Waals surface area contributed by atoms with Crippen LogP contribution in [0.25, 0.3) is 99.2 Å². The molecule has 0 bridgehead atoms. The molecule has 0 saturated heterocycles. The third kappa shape index (κ3) is 4.75. The van der Waals surface area contributed by atoms with E-state index in [9.17, 15) is 0 Å². The monoisotopic (exact) mass is 625 g/mol. The van der Waals surface area contributed by atoms with Crippen molar-refractivity contribution in [1.29, 1.82) is 0 Å². The molecule has 5 heteroatoms. The van der Waals surface area contributed by atoms with Crippen molar-refractivity contribution in [3.63, 3.8) is 0 Å². The van der Waals surface area contributed by atoms with Crippen molar-refractivity contribution in [3.8, 4) is 34.0 Å². The van der Waals surface area contributed by atoms with Crippen molar-refractivity contribution < 1.29 is 0 Å². The summed E-state index contributed by atoms with van der Waals surface area (Å²) in [4.78, 5) is 25.6. The Morgan fingerprint density at radius 1 is 0.306 bits per heavy atom. The smallest absolute Gasteiger partial charge is 0.0972 e. The van der Waals surface area contributed by atoms with Gasteiger partial charge < -0.3 is 0 Å². The summed E-state index contributed by atoms with van der Waals surface area (Å²) in [6.07, 6.45) is 0. The maximum atomic E-state index is 5.22. The van der Waals surface area contributed by atoms with Gasteiger partial charge >= 0.3 is 0 Å². The molecule has 0 aliphatic heterocycles. The quantitative estimate of drug-likeness (QED) is 0.144. The van der Waals surface area contributed by atoms with E-state index in [4.69, 9.17) is 24.9 Å². The van der Waals surface area contributed by atoms with Gasteiger partial charge in [0.25, 0.3) is 0 Å². The third-order valence-electron chi connectivity index (χ3n) is 9.42. The first-order chi connectivity index (χ1) is 24.1. The summed E-state index contributed by atoms with van der Waals surface area (Å²) in [5.41, 5.74) is 9.49. The Kier molecular flexibility index (Phi) is 6.02. The topological polar surface area (TPSA) is 64.5 Å². The molecular formula is C44H27N5. The molecule has 0 saturated carbocycles. The molecule has 0 radical (unpaired) electrons. The Labute approximate surface area is 281 Å². The van der Waals surface area contributed by atoms with Crippen molar-refractivity contribution in [3.05, 3.63) is 151 Å². The molecule has 0 amide bonds. The minimum atomic E-state index is 0.761. The molecule has 0 spiro atoms. The summed E-state index contributed by atoms with van der Waals surface area (Å²) in [5.74, 6) is 0. The van der Waals surface area contributed by atoms with Crippen LogP contribution < -0.4 is 0 Å². The molecule has 0 unspecified atom stereocenters. The van der Waals surface area contributed by atoms with Crippen molar-refractivity contribution in [2.24, 2.45) is 0 Å². The lowest BCUT2D eigenvalue weighted by atomic mass is 10.0. The van der Waals surface area contributed by atoms with Gasteiger partial charge in [-0.1, -0.05) is 84.9 Å². The Morgan fingerprint density at radius 3 is 1.33 bits per heavy atom. The highest BCUT2D eigenvalue weighted by Gasteiger charge is 2.15. The van der Waals surface area contributed by atoms with Crippen LogP contribution in [0.4, 0.5) is 0 Å². The number of fused-ring (bicyclic) bond motifs is 7. The van der Waals surface area contributed by atoms with Crippen molar-refractivity contribution in [1.82, 2.24) is 24.9 Å². The standard InChI is InChI=1S/C44H27N5/c1-26-10-11-27-12-13-28-14-17-36(49-44(28)43(27)45-26)35-24-41(37-18-15-33-20-29-6-2-4-8-31(29)22-39(33)46-37)48-42(25-35)38-19-16-34-21-30-7-3-5-9-32(30)23-40(34)47-38/h2-25H,1H3. The SMILES string of the molecule is Cc1ccc2ccc3ccc(-c4cc(-c5ccc6cc7ccccc7cc6n5)nc(-c5ccc6cc7ccccc7cc6n5)c4)nc3c2n1. The zero-order valence-electron chi connectivity index (χ0n) is 26.6. The highest BCUT2D eigenvalue weighted by molar-refractivity contribution is 6.04. The highest BCUT2D eigenvalue weighted by atomic mass is 14.8. The molecule has 10 rings (SSSR count). The summed E-state index contributed by atoms with van der Waals surface area (Å²) in [6.45, 7) is 2.02. The van der Waals surface area contributed by atoms with Crippen LogP contribution in [-0.4, -0.2) is 24.9 Å². The van der Waals surface area contributed by atoms with Gasteiger partial charge in [-0.2, -0.15) is 0 Å². The van der Waals surface area contributed by atoms with Gasteiger partial charge in [-0.25, -0.2) is 19.9 Å². The van der Waals surface area contributed by atoms with Crippen LogP contribution in [0.3, 0.4) is 0 Å². The molecule has 49 heavy (non-hydrogen) atoms. The molecule has 10 aromatic rings. The summed E-state index contributed by atoms with van der Waals surface area (Å²) in [5, 5.41) is 9.01. The van der Waals surface area contributed by atoms with Crippen LogP contribution >= 0.6 is 0 Å². The first-order valence-electron chi connectivity index (χ1n) is 16.4. The average Bonchev–Trinajstić information content (AvgIpc) is 3.15. The van der Waals surface area contributed by atoms with Crippen molar-refractivity contribution in [2.45, 2.75) is 6.92 Å². The lowest BCUT2D eigenvalue weighted by Gasteiger charge is -2.12. The second kappa shape index (κ2) is 10.7. The number of aryl methyl sites for hydroxylation is 1. The van der Waals surface area contributed by atoms with Gasteiger partial charge in [-0.3, -0.25) is 4.98 Å². The van der Waals surface area contributed by atoms with Gasteiger partial charge in [0.15, 0.2) is 0 Å². The molecule has 0 N–H and O–H groups in total. The average molecular weight is 626 g/mol. The Hall–Kier alpha value is -6.59. The van der Waals surface area contributed by atoms with Crippen LogP contribution in [0.5, 0.6) is 0 Å². The molecule has 0 fully saturated rings. The van der Waals surface area contributed by atoms with E-state index in [1.807, 2.05) is 13.0 Å². The van der Waals surface area contributed by atoms with E-state index >= 15 is 0 Å². The van der Waals surface area contributed by atoms with E-state index in [2.05, 4.69) is 140 Å². The molecule has 5 nitrogen and oxygen atoms in total. The van der Waals surface area contributed by atoms with Gasteiger partial charge in [0.1, 0.15) is 0 Å². The third-order valence-corrected chi connectivity index (χ3v) is 9.42. The first kappa shape index (κ1) is 27.5. The summed E-state index contributed by atoms with van der Waals surface area (Å²) in [6, 6.07) is 50.6. The molecule has 228 valence electrons. The van der Waals surface area contributed by atoms with Crippen LogP contribution in [0.2, 0.25) is 0 Å². The largest absolute Gasteiger partial charge is 0.251 e. The first-order valence-corrected chi connectivity index (χ1v) is 16.4. The fourth-order valence-corrected chi connectivity index (χ4v) is 6.88. The Bertz CT molecular complexity index is 2830. The number of aromatic nitrogens is 5. The zero-order valence-corrected chi connectivity index (χ0v) is 26.6. The number of hydrogen-bond acceptors (Lipinski definition) is 5. The maximum Gasteiger partial charge on any atom is 0.0972 e. The summed E-state index contributed by atoms with van der Waals surface area (Å²) in [7, 11) is 0. The van der Waals surface area contributed by atoms with E-state index in [0.717, 1.165) is 94.1 Å². The molecular weight excluding hydrogens is 599 g/mol. The second-order valence-corrected chi connectivity index (χ2v) is 12.7. The van der Waals surface area contributed by atoms with Gasteiger partial charge in [-0.15, -0.1) is 0 Å². The fraction of sp³-hybridized carbons (Fsp3) is 0.0227. The van der Waals surface area contributed by atoms with Gasteiger partial charge in [0.05, 0.1) is 50.5 Å². The Morgan fingerprint density at radius 2 is 0.755 bits per heavy atom. The van der Waals surface area contributed by atoms with Gasteiger partial charge in [0.2, 0.25) is 0 Å². The number of pyridine rings is 5. The molecule has 5 aromatic heterocycles. The molecule has 5 aromatic carbocycles. The zero-order chi connectivity index (χ0) is 32.5. The molecule has 5 heterocycles. The minimum Gasteiger partial charge on any atom is -0.251 e. The molecule has 0 aliphatic rings. The van der Waals surface area contributed by atoms with E-state index in [-0.39, 0.29) is 0 Å². The number of benzene rings is 5. The van der Waals surface area contributed by atoms with Crippen molar-refractivity contribution in [2.75, 3.05) is 0 Å². The predicted octanol–water partition coefficient (Wildman–Crippen LogP) is 10.9. The fourth-order valence-electron chi connectivity index (χ4n) is 6.88. The summed E-state index contributed by atoms with van der Waals surface area (Å²) >= 11 is 0. The molecule has 0 aliphatic carbocycles. The van der Waals surface area contributed by atoms with Gasteiger partial charge in [-0.05, 0) is 89.1 Å². The maximum absolute atomic E-state index is 5.22. The van der Waals surface area contributed by atoms with Crippen LogP contribution in [0.1, 0.15) is 5.69 Å². The molecule has 0 atom stereocenters. The summed E-state index contributed by atoms with van der Waals surface area (Å²) < 4.78 is 0. The van der Waals surface area contributed by atoms with E-state index in [1.54, 1.807) is 0 Å². The Balaban J connectivity index is 1.19. The van der Waals surface area contributed by atoms with E-state index in [0.29, 0.717) is 0 Å². The number of hydrogen-bond donors (Lipinski definition) is 0. The van der Waals surface area contributed by atoms with E-state index < -0.39 is 0 Å². The van der Waals surface area contributed by atoms with Crippen LogP contribution in [0, 0.1) is 6.92 Å². The highest BCUT2D eigenvalue weighted by Crippen LogP contribution is 2.33. The number of nitrogens with zero attached hydrogens (tertiary/aromatic N) is 5. The normalized spacial score (nSPS) is 11.8. The predicted molar refractivity (Wildman–Crippen MR) is 201 cm³/mol. The second-order valence-electron chi connectivity index (χ2n) is 12.7.